The number of rotatable bonds is 4. The molecule has 1 aromatic heterocycles. The van der Waals surface area contributed by atoms with Crippen LogP contribution in [0.15, 0.2) is 0 Å². The molecule has 1 aromatic rings. The first kappa shape index (κ1) is 13.9. The molecule has 98 valence electrons. The zero-order valence-corrected chi connectivity index (χ0v) is 10.5. The predicted octanol–water partition coefficient (Wildman–Crippen LogP) is 2.51. The summed E-state index contributed by atoms with van der Waals surface area (Å²) in [6.45, 7) is 2.47. The SMILES string of the molecule is CC(C)Oc1c(N)nsc1N(C)CC(F)(F)F. The average molecular weight is 269 g/mol. The standard InChI is InChI=1S/C9H14F3N3OS/c1-5(2)16-6-7(13)14-17-8(6)15(3)4-9(10,11)12/h5H,4H2,1-3H3,(H2,13,14). The molecule has 0 spiro atoms. The molecule has 0 bridgehead atoms. The van der Waals surface area contributed by atoms with E-state index in [1.54, 1.807) is 13.8 Å². The molecule has 1 rings (SSSR count). The van der Waals surface area contributed by atoms with Gasteiger partial charge in [0, 0.05) is 7.05 Å². The van der Waals surface area contributed by atoms with E-state index in [0.717, 1.165) is 16.4 Å². The second-order valence-electron chi connectivity index (χ2n) is 3.84. The molecule has 0 aliphatic heterocycles. The number of nitrogens with zero attached hydrogens (tertiary/aromatic N) is 2. The molecule has 17 heavy (non-hydrogen) atoms. The number of nitrogens with two attached hydrogens (primary N) is 1. The zero-order chi connectivity index (χ0) is 13.2. The fraction of sp³-hybridized carbons (Fsp3) is 0.667. The minimum atomic E-state index is -4.28. The van der Waals surface area contributed by atoms with E-state index in [-0.39, 0.29) is 22.7 Å². The highest BCUT2D eigenvalue weighted by molar-refractivity contribution is 7.11. The molecule has 2 N–H and O–H groups in total. The lowest BCUT2D eigenvalue weighted by molar-refractivity contribution is -0.119. The Morgan fingerprint density at radius 1 is 1.47 bits per heavy atom. The molecule has 8 heteroatoms. The van der Waals surface area contributed by atoms with E-state index in [1.807, 2.05) is 0 Å². The summed E-state index contributed by atoms with van der Waals surface area (Å²) in [4.78, 5) is 1.03. The van der Waals surface area contributed by atoms with E-state index in [2.05, 4.69) is 4.37 Å². The van der Waals surface area contributed by atoms with Gasteiger partial charge in [-0.25, -0.2) is 0 Å². The quantitative estimate of drug-likeness (QED) is 0.912. The predicted molar refractivity (Wildman–Crippen MR) is 61.6 cm³/mol. The number of alkyl halides is 3. The first-order valence-corrected chi connectivity index (χ1v) is 5.67. The molecule has 0 saturated heterocycles. The number of hydrogen-bond acceptors (Lipinski definition) is 5. The minimum absolute atomic E-state index is 0.118. The largest absolute Gasteiger partial charge is 0.484 e. The van der Waals surface area contributed by atoms with Crippen LogP contribution in [0, 0.1) is 0 Å². The number of halogens is 3. The van der Waals surface area contributed by atoms with Crippen LogP contribution in [0.5, 0.6) is 5.75 Å². The zero-order valence-electron chi connectivity index (χ0n) is 9.71. The number of ether oxygens (including phenoxy) is 1. The Morgan fingerprint density at radius 3 is 2.53 bits per heavy atom. The highest BCUT2D eigenvalue weighted by Crippen LogP contribution is 2.39. The monoisotopic (exact) mass is 269 g/mol. The van der Waals surface area contributed by atoms with Crippen molar-refractivity contribution in [2.45, 2.75) is 26.1 Å². The first-order chi connectivity index (χ1) is 7.70. The third-order valence-corrected chi connectivity index (χ3v) is 2.73. The third kappa shape index (κ3) is 3.95. The van der Waals surface area contributed by atoms with Gasteiger partial charge in [0.2, 0.25) is 0 Å². The molecule has 0 aliphatic rings. The fourth-order valence-electron chi connectivity index (χ4n) is 1.22. The van der Waals surface area contributed by atoms with Gasteiger partial charge in [-0.15, -0.1) is 0 Å². The number of hydrogen-bond donors (Lipinski definition) is 1. The summed E-state index contributed by atoms with van der Waals surface area (Å²) in [5, 5.41) is 0.286. The van der Waals surface area contributed by atoms with Gasteiger partial charge in [0.25, 0.3) is 0 Å². The molecule has 0 aliphatic carbocycles. The van der Waals surface area contributed by atoms with Gasteiger partial charge in [-0.1, -0.05) is 0 Å². The lowest BCUT2D eigenvalue weighted by Gasteiger charge is -2.20. The van der Waals surface area contributed by atoms with Gasteiger partial charge in [-0.3, -0.25) is 0 Å². The molecule has 1 heterocycles. The molecule has 0 amide bonds. The second-order valence-corrected chi connectivity index (χ2v) is 4.59. The number of aromatic nitrogens is 1. The molecule has 0 radical (unpaired) electrons. The topological polar surface area (TPSA) is 51.4 Å². The van der Waals surface area contributed by atoms with E-state index >= 15 is 0 Å². The minimum Gasteiger partial charge on any atom is -0.484 e. The van der Waals surface area contributed by atoms with Crippen LogP contribution in [0.3, 0.4) is 0 Å². The van der Waals surface area contributed by atoms with Gasteiger partial charge in [0.05, 0.1) is 6.10 Å². The summed E-state index contributed by atoms with van der Waals surface area (Å²) in [6.07, 6.45) is -4.45. The van der Waals surface area contributed by atoms with Gasteiger partial charge < -0.3 is 15.4 Å². The van der Waals surface area contributed by atoms with Gasteiger partial charge >= 0.3 is 6.18 Å². The Bertz CT molecular complexity index is 378. The van der Waals surface area contributed by atoms with Gasteiger partial charge in [-0.2, -0.15) is 17.5 Å². The van der Waals surface area contributed by atoms with E-state index < -0.39 is 12.7 Å². The molecule has 0 saturated carbocycles. The van der Waals surface area contributed by atoms with Gasteiger partial charge in [0.1, 0.15) is 6.54 Å². The summed E-state index contributed by atoms with van der Waals surface area (Å²) in [6, 6.07) is 0. The van der Waals surface area contributed by atoms with E-state index in [1.165, 1.54) is 7.05 Å². The lowest BCUT2D eigenvalue weighted by atomic mass is 10.4. The van der Waals surface area contributed by atoms with Crippen LogP contribution in [0.1, 0.15) is 13.8 Å². The normalized spacial score (nSPS) is 11.9. The lowest BCUT2D eigenvalue weighted by Crippen LogP contribution is -2.30. The fourth-order valence-corrected chi connectivity index (χ4v) is 1.92. The van der Waals surface area contributed by atoms with Crippen molar-refractivity contribution in [3.63, 3.8) is 0 Å². The maximum absolute atomic E-state index is 12.3. The molecule has 0 unspecified atom stereocenters. The summed E-state index contributed by atoms with van der Waals surface area (Å²) >= 11 is 0.893. The van der Waals surface area contributed by atoms with Crippen LogP contribution in [-0.2, 0) is 0 Å². The summed E-state index contributed by atoms with van der Waals surface area (Å²) in [5.41, 5.74) is 5.56. The van der Waals surface area contributed by atoms with E-state index in [0.29, 0.717) is 0 Å². The number of nitrogen functional groups attached to an aromatic ring is 1. The maximum atomic E-state index is 12.3. The molecular formula is C9H14F3N3OS. The maximum Gasteiger partial charge on any atom is 0.405 e. The average Bonchev–Trinajstić information content (AvgIpc) is 2.44. The molecule has 0 aromatic carbocycles. The van der Waals surface area contributed by atoms with Crippen LogP contribution in [0.4, 0.5) is 24.0 Å². The Balaban J connectivity index is 2.90. The van der Waals surface area contributed by atoms with Crippen molar-refractivity contribution in [3.05, 3.63) is 0 Å². The summed E-state index contributed by atoms with van der Waals surface area (Å²) < 4.78 is 46.0. The van der Waals surface area contributed by atoms with Crippen molar-refractivity contribution in [3.8, 4) is 5.75 Å². The first-order valence-electron chi connectivity index (χ1n) is 4.90. The van der Waals surface area contributed by atoms with Crippen molar-refractivity contribution in [2.24, 2.45) is 0 Å². The summed E-state index contributed by atoms with van der Waals surface area (Å²) in [7, 11) is 1.33. The Kier molecular flexibility index (Phi) is 4.07. The van der Waals surface area contributed by atoms with Gasteiger partial charge in [0.15, 0.2) is 16.6 Å². The number of anilines is 2. The Hall–Kier alpha value is -1.18. The second kappa shape index (κ2) is 4.99. The highest BCUT2D eigenvalue weighted by atomic mass is 32.1. The van der Waals surface area contributed by atoms with E-state index in [4.69, 9.17) is 10.5 Å². The van der Waals surface area contributed by atoms with Crippen LogP contribution in [-0.4, -0.2) is 30.2 Å². The molecular weight excluding hydrogens is 255 g/mol. The van der Waals surface area contributed by atoms with Gasteiger partial charge in [-0.05, 0) is 25.4 Å². The Morgan fingerprint density at radius 2 is 2.06 bits per heavy atom. The molecule has 0 atom stereocenters. The van der Waals surface area contributed by atoms with Crippen LogP contribution in [0.2, 0.25) is 0 Å². The van der Waals surface area contributed by atoms with Crippen LogP contribution in [0.25, 0.3) is 0 Å². The summed E-state index contributed by atoms with van der Waals surface area (Å²) in [5.74, 6) is 0.337. The van der Waals surface area contributed by atoms with Crippen molar-refractivity contribution in [1.82, 2.24) is 4.37 Å². The smallest absolute Gasteiger partial charge is 0.405 e. The molecule has 4 nitrogen and oxygen atoms in total. The van der Waals surface area contributed by atoms with Crippen molar-refractivity contribution in [1.29, 1.82) is 0 Å². The van der Waals surface area contributed by atoms with E-state index in [9.17, 15) is 13.2 Å². The van der Waals surface area contributed by atoms with Crippen LogP contribution >= 0.6 is 11.5 Å². The highest BCUT2D eigenvalue weighted by Gasteiger charge is 2.31. The Labute approximate surface area is 101 Å². The third-order valence-electron chi connectivity index (χ3n) is 1.77. The molecule has 0 fully saturated rings. The van der Waals surface area contributed by atoms with Crippen molar-refractivity contribution in [2.75, 3.05) is 24.2 Å². The van der Waals surface area contributed by atoms with Crippen molar-refractivity contribution < 1.29 is 17.9 Å². The van der Waals surface area contributed by atoms with Crippen molar-refractivity contribution >= 4 is 22.4 Å². The van der Waals surface area contributed by atoms with Crippen LogP contribution < -0.4 is 15.4 Å².